The molecule has 0 aromatic carbocycles. The average molecular weight is 339 g/mol. The number of ether oxygens (including phenoxy) is 1. The second kappa shape index (κ2) is 8.71. The Morgan fingerprint density at radius 1 is 1.52 bits per heavy atom. The number of amides is 1. The minimum Gasteiger partial charge on any atom is -0.450 e. The van der Waals surface area contributed by atoms with Crippen molar-refractivity contribution in [3.8, 4) is 0 Å². The minimum absolute atomic E-state index is 0.214. The van der Waals surface area contributed by atoms with Crippen molar-refractivity contribution < 1.29 is 9.53 Å². The Kier molecular flexibility index (Phi) is 6.64. The van der Waals surface area contributed by atoms with Crippen LogP contribution in [0.1, 0.15) is 30.3 Å². The van der Waals surface area contributed by atoms with Gasteiger partial charge in [-0.05, 0) is 26.7 Å². The molecule has 1 aromatic heterocycles. The largest absolute Gasteiger partial charge is 0.450 e. The molecule has 1 saturated heterocycles. The summed E-state index contributed by atoms with van der Waals surface area (Å²) in [5.41, 5.74) is 2.91. The van der Waals surface area contributed by atoms with Crippen LogP contribution in [-0.2, 0) is 11.3 Å². The van der Waals surface area contributed by atoms with E-state index in [-0.39, 0.29) is 6.09 Å². The van der Waals surface area contributed by atoms with Gasteiger partial charge in [-0.25, -0.2) is 9.78 Å². The number of nitrogens with zero attached hydrogens (tertiary/aromatic N) is 3. The first-order chi connectivity index (χ1) is 11.1. The number of carbonyl (C=O) groups excluding carboxylic acids is 1. The third-order valence-corrected chi connectivity index (χ3v) is 4.78. The van der Waals surface area contributed by atoms with E-state index in [0.717, 1.165) is 31.0 Å². The highest BCUT2D eigenvalue weighted by Crippen LogP contribution is 2.13. The molecule has 2 heterocycles. The van der Waals surface area contributed by atoms with Crippen LogP contribution in [0.4, 0.5) is 4.79 Å². The minimum atomic E-state index is -0.214. The molecule has 8 heteroatoms. The number of hydrogen-bond acceptors (Lipinski definition) is 5. The fourth-order valence-electron chi connectivity index (χ4n) is 2.47. The molecule has 2 N–H and O–H groups in total. The van der Waals surface area contributed by atoms with E-state index in [9.17, 15) is 4.79 Å². The summed E-state index contributed by atoms with van der Waals surface area (Å²) < 4.78 is 5.04. The third-order valence-electron chi connectivity index (χ3n) is 3.85. The number of hydrogen-bond donors (Lipinski definition) is 2. The monoisotopic (exact) mass is 339 g/mol. The second-order valence-corrected chi connectivity index (χ2v) is 6.33. The van der Waals surface area contributed by atoms with Crippen molar-refractivity contribution >= 4 is 23.4 Å². The molecule has 1 fully saturated rings. The van der Waals surface area contributed by atoms with Gasteiger partial charge in [0.05, 0.1) is 24.4 Å². The SMILES string of the molecule is CCOC(=O)N1CCC(NC(=NC)NCc2scnc2C)CC1. The third kappa shape index (κ3) is 5.09. The van der Waals surface area contributed by atoms with E-state index in [2.05, 4.69) is 20.6 Å². The molecular weight excluding hydrogens is 314 g/mol. The Labute approximate surface area is 141 Å². The van der Waals surface area contributed by atoms with Crippen LogP contribution in [-0.4, -0.2) is 54.7 Å². The van der Waals surface area contributed by atoms with Gasteiger partial charge in [0.1, 0.15) is 0 Å². The Bertz CT molecular complexity index is 538. The van der Waals surface area contributed by atoms with Gasteiger partial charge in [0.25, 0.3) is 0 Å². The molecule has 1 aliphatic rings. The average Bonchev–Trinajstić information content (AvgIpc) is 2.97. The zero-order valence-electron chi connectivity index (χ0n) is 14.0. The van der Waals surface area contributed by atoms with E-state index in [1.54, 1.807) is 23.3 Å². The van der Waals surface area contributed by atoms with Gasteiger partial charge in [-0.1, -0.05) is 0 Å². The molecule has 0 bridgehead atoms. The summed E-state index contributed by atoms with van der Waals surface area (Å²) in [6.45, 7) is 6.40. The van der Waals surface area contributed by atoms with Gasteiger partial charge in [0, 0.05) is 31.1 Å². The van der Waals surface area contributed by atoms with Crippen molar-refractivity contribution in [3.05, 3.63) is 16.1 Å². The lowest BCUT2D eigenvalue weighted by Crippen LogP contribution is -2.49. The molecule has 0 atom stereocenters. The van der Waals surface area contributed by atoms with Gasteiger partial charge in [-0.15, -0.1) is 11.3 Å². The molecule has 0 saturated carbocycles. The smallest absolute Gasteiger partial charge is 0.409 e. The highest BCUT2D eigenvalue weighted by molar-refractivity contribution is 7.09. The van der Waals surface area contributed by atoms with Crippen LogP contribution in [0, 0.1) is 6.92 Å². The van der Waals surface area contributed by atoms with Crippen molar-refractivity contribution in [2.75, 3.05) is 26.7 Å². The van der Waals surface area contributed by atoms with Gasteiger partial charge in [0.15, 0.2) is 5.96 Å². The second-order valence-electron chi connectivity index (χ2n) is 5.39. The first kappa shape index (κ1) is 17.5. The van der Waals surface area contributed by atoms with Crippen molar-refractivity contribution in [1.29, 1.82) is 0 Å². The molecule has 1 aromatic rings. The van der Waals surface area contributed by atoms with Gasteiger partial charge in [-0.2, -0.15) is 0 Å². The Hall–Kier alpha value is -1.83. The number of guanidine groups is 1. The van der Waals surface area contributed by atoms with Crippen LogP contribution < -0.4 is 10.6 Å². The van der Waals surface area contributed by atoms with Crippen molar-refractivity contribution in [2.45, 2.75) is 39.3 Å². The number of rotatable bonds is 4. The summed E-state index contributed by atoms with van der Waals surface area (Å²) in [5, 5.41) is 6.74. The van der Waals surface area contributed by atoms with E-state index in [4.69, 9.17) is 4.74 Å². The molecule has 1 aliphatic heterocycles. The Balaban J connectivity index is 1.75. The number of aryl methyl sites for hydroxylation is 1. The summed E-state index contributed by atoms with van der Waals surface area (Å²) in [5.74, 6) is 0.785. The van der Waals surface area contributed by atoms with Crippen molar-refractivity contribution in [1.82, 2.24) is 20.5 Å². The molecule has 0 aliphatic carbocycles. The predicted molar refractivity (Wildman–Crippen MR) is 91.8 cm³/mol. The van der Waals surface area contributed by atoms with E-state index in [0.29, 0.717) is 25.7 Å². The first-order valence-corrected chi connectivity index (χ1v) is 8.79. The standard InChI is InChI=1S/C15H25N5O2S/c1-4-22-15(21)20-7-5-12(6-8-20)19-14(16-3)17-9-13-11(2)18-10-23-13/h10,12H,4-9H2,1-3H3,(H2,16,17,19). The fourth-order valence-corrected chi connectivity index (χ4v) is 3.19. The quantitative estimate of drug-likeness (QED) is 0.645. The highest BCUT2D eigenvalue weighted by atomic mass is 32.1. The Morgan fingerprint density at radius 2 is 2.26 bits per heavy atom. The molecule has 1 amide bonds. The maximum absolute atomic E-state index is 11.7. The van der Waals surface area contributed by atoms with E-state index in [1.165, 1.54) is 4.88 Å². The summed E-state index contributed by atoms with van der Waals surface area (Å²) in [6.07, 6.45) is 1.56. The van der Waals surface area contributed by atoms with Crippen LogP contribution >= 0.6 is 11.3 Å². The van der Waals surface area contributed by atoms with Gasteiger partial charge < -0.3 is 20.3 Å². The summed E-state index contributed by atoms with van der Waals surface area (Å²) in [7, 11) is 1.77. The lowest BCUT2D eigenvalue weighted by Gasteiger charge is -2.32. The molecule has 7 nitrogen and oxygen atoms in total. The lowest BCUT2D eigenvalue weighted by atomic mass is 10.1. The molecule has 2 rings (SSSR count). The van der Waals surface area contributed by atoms with Gasteiger partial charge >= 0.3 is 6.09 Å². The highest BCUT2D eigenvalue weighted by Gasteiger charge is 2.24. The molecule has 128 valence electrons. The van der Waals surface area contributed by atoms with Crippen molar-refractivity contribution in [3.63, 3.8) is 0 Å². The maximum Gasteiger partial charge on any atom is 0.409 e. The van der Waals surface area contributed by atoms with Crippen LogP contribution in [0.15, 0.2) is 10.5 Å². The number of likely N-dealkylation sites (tertiary alicyclic amines) is 1. The molecule has 0 radical (unpaired) electrons. The first-order valence-electron chi connectivity index (χ1n) is 7.91. The van der Waals surface area contributed by atoms with Crippen molar-refractivity contribution in [2.24, 2.45) is 4.99 Å². The topological polar surface area (TPSA) is 78.8 Å². The summed E-state index contributed by atoms with van der Waals surface area (Å²) >= 11 is 1.64. The van der Waals surface area contributed by atoms with E-state index < -0.39 is 0 Å². The summed E-state index contributed by atoms with van der Waals surface area (Å²) in [6, 6.07) is 0.314. The van der Waals surface area contributed by atoms with Crippen LogP contribution in [0.25, 0.3) is 0 Å². The normalized spacial score (nSPS) is 16.3. The number of carbonyl (C=O) groups is 1. The molecule has 23 heavy (non-hydrogen) atoms. The maximum atomic E-state index is 11.7. The predicted octanol–water partition coefficient (Wildman–Crippen LogP) is 1.74. The number of nitrogens with one attached hydrogen (secondary N) is 2. The molecule has 0 spiro atoms. The van der Waals surface area contributed by atoms with Crippen LogP contribution in [0.3, 0.4) is 0 Å². The molecular formula is C15H25N5O2S. The number of thiazole rings is 1. The van der Waals surface area contributed by atoms with Crippen LogP contribution in [0.2, 0.25) is 0 Å². The summed E-state index contributed by atoms with van der Waals surface area (Å²) in [4.78, 5) is 23.2. The van der Waals surface area contributed by atoms with Crippen LogP contribution in [0.5, 0.6) is 0 Å². The van der Waals surface area contributed by atoms with E-state index in [1.807, 2.05) is 19.4 Å². The Morgan fingerprint density at radius 3 is 2.83 bits per heavy atom. The zero-order valence-corrected chi connectivity index (χ0v) is 14.8. The lowest BCUT2D eigenvalue weighted by molar-refractivity contribution is 0.0963. The molecule has 0 unspecified atom stereocenters. The number of aliphatic imine (C=N–C) groups is 1. The fraction of sp³-hybridized carbons (Fsp3) is 0.667. The van der Waals surface area contributed by atoms with E-state index >= 15 is 0 Å². The number of piperidine rings is 1. The zero-order chi connectivity index (χ0) is 16.7. The van der Waals surface area contributed by atoms with Gasteiger partial charge in [0.2, 0.25) is 0 Å². The number of aromatic nitrogens is 1. The van der Waals surface area contributed by atoms with Gasteiger partial charge in [-0.3, -0.25) is 4.99 Å².